The zero-order valence-electron chi connectivity index (χ0n) is 10.5. The molecule has 6 nitrogen and oxygen atoms in total. The fraction of sp³-hybridized carbons (Fsp3) is 0.182. The maximum atomic E-state index is 13.6. The first-order valence-corrected chi connectivity index (χ1v) is 7.00. The SMILES string of the molecule is Cn1nccc1CNS(=O)(=O)c1c(F)cc(N)cc1F. The lowest BCUT2D eigenvalue weighted by Gasteiger charge is -2.09. The Morgan fingerprint density at radius 2 is 1.95 bits per heavy atom. The maximum absolute atomic E-state index is 13.6. The molecule has 0 aliphatic rings. The molecule has 20 heavy (non-hydrogen) atoms. The Hall–Kier alpha value is -2.00. The molecule has 108 valence electrons. The van der Waals surface area contributed by atoms with E-state index in [1.54, 1.807) is 13.1 Å². The number of aryl methyl sites for hydroxylation is 1. The molecule has 1 aromatic heterocycles. The summed E-state index contributed by atoms with van der Waals surface area (Å²) in [7, 11) is -2.71. The number of nitrogens with two attached hydrogens (primary N) is 1. The van der Waals surface area contributed by atoms with E-state index in [4.69, 9.17) is 5.73 Å². The van der Waals surface area contributed by atoms with Crippen molar-refractivity contribution >= 4 is 15.7 Å². The van der Waals surface area contributed by atoms with Crippen LogP contribution in [0.15, 0.2) is 29.3 Å². The molecule has 0 unspecified atom stereocenters. The van der Waals surface area contributed by atoms with Crippen molar-refractivity contribution in [3.05, 3.63) is 41.7 Å². The number of benzene rings is 1. The van der Waals surface area contributed by atoms with Gasteiger partial charge < -0.3 is 5.73 Å². The Bertz CT molecular complexity index is 720. The van der Waals surface area contributed by atoms with E-state index in [2.05, 4.69) is 9.82 Å². The molecule has 2 rings (SSSR count). The number of hydrogen-bond acceptors (Lipinski definition) is 4. The number of sulfonamides is 1. The standard InChI is InChI=1S/C11H12F2N4O2S/c1-17-8(2-3-15-17)6-16-20(18,19)11-9(12)4-7(14)5-10(11)13/h2-5,16H,6,14H2,1H3. The summed E-state index contributed by atoms with van der Waals surface area (Å²) >= 11 is 0. The summed E-state index contributed by atoms with van der Waals surface area (Å²) in [6.45, 7) is -0.137. The minimum atomic E-state index is -4.33. The number of anilines is 1. The van der Waals surface area contributed by atoms with Gasteiger partial charge in [0.05, 0.1) is 12.2 Å². The molecule has 0 saturated heterocycles. The highest BCUT2D eigenvalue weighted by Crippen LogP contribution is 2.21. The number of nitrogens with one attached hydrogen (secondary N) is 1. The van der Waals surface area contributed by atoms with Crippen molar-refractivity contribution in [1.82, 2.24) is 14.5 Å². The second-order valence-electron chi connectivity index (χ2n) is 4.08. The lowest BCUT2D eigenvalue weighted by molar-refractivity contribution is 0.514. The predicted octanol–water partition coefficient (Wildman–Crippen LogP) is 0.759. The summed E-state index contributed by atoms with van der Waals surface area (Å²) in [6, 6.07) is 3.08. The number of rotatable bonds is 4. The Morgan fingerprint density at radius 3 is 2.45 bits per heavy atom. The topological polar surface area (TPSA) is 90.0 Å². The molecule has 0 aliphatic heterocycles. The third-order valence-electron chi connectivity index (χ3n) is 2.66. The van der Waals surface area contributed by atoms with E-state index in [-0.39, 0.29) is 12.2 Å². The predicted molar refractivity (Wildman–Crippen MR) is 68.0 cm³/mol. The zero-order valence-corrected chi connectivity index (χ0v) is 11.3. The van der Waals surface area contributed by atoms with Crippen molar-refractivity contribution in [1.29, 1.82) is 0 Å². The van der Waals surface area contributed by atoms with Crippen molar-refractivity contribution in [3.8, 4) is 0 Å². The average molecular weight is 302 g/mol. The van der Waals surface area contributed by atoms with E-state index >= 15 is 0 Å². The van der Waals surface area contributed by atoms with E-state index in [0.717, 1.165) is 12.1 Å². The number of nitrogen functional groups attached to an aromatic ring is 1. The molecule has 9 heteroatoms. The number of aromatic nitrogens is 2. The largest absolute Gasteiger partial charge is 0.399 e. The molecule has 1 aromatic carbocycles. The van der Waals surface area contributed by atoms with Crippen LogP contribution in [-0.4, -0.2) is 18.2 Å². The van der Waals surface area contributed by atoms with Crippen LogP contribution in [0.5, 0.6) is 0 Å². The first-order valence-electron chi connectivity index (χ1n) is 5.52. The van der Waals surface area contributed by atoms with E-state index in [0.29, 0.717) is 5.69 Å². The van der Waals surface area contributed by atoms with E-state index < -0.39 is 26.6 Å². The third-order valence-corrected chi connectivity index (χ3v) is 4.11. The van der Waals surface area contributed by atoms with Crippen molar-refractivity contribution in [3.63, 3.8) is 0 Å². The molecule has 2 aromatic rings. The fourth-order valence-corrected chi connectivity index (χ4v) is 2.77. The first kappa shape index (κ1) is 14.4. The van der Waals surface area contributed by atoms with Gasteiger partial charge in [0.2, 0.25) is 10.0 Å². The smallest absolute Gasteiger partial charge is 0.246 e. The first-order chi connectivity index (χ1) is 9.31. The molecule has 0 spiro atoms. The molecule has 3 N–H and O–H groups in total. The lowest BCUT2D eigenvalue weighted by Crippen LogP contribution is -2.26. The second kappa shape index (κ2) is 5.17. The van der Waals surface area contributed by atoms with Crippen LogP contribution in [-0.2, 0) is 23.6 Å². The van der Waals surface area contributed by atoms with Gasteiger partial charge in [-0.15, -0.1) is 0 Å². The molecule has 0 radical (unpaired) electrons. The van der Waals surface area contributed by atoms with Crippen molar-refractivity contribution in [2.75, 3.05) is 5.73 Å². The molecule has 0 fully saturated rings. The molecule has 0 amide bonds. The van der Waals surface area contributed by atoms with Crippen LogP contribution in [0, 0.1) is 11.6 Å². The summed E-state index contributed by atoms with van der Waals surface area (Å²) in [5.74, 6) is -2.47. The Balaban J connectivity index is 2.30. The normalized spacial score (nSPS) is 11.8. The monoisotopic (exact) mass is 302 g/mol. The molecule has 1 heterocycles. The molecule has 0 aliphatic carbocycles. The summed E-state index contributed by atoms with van der Waals surface area (Å²) in [5.41, 5.74) is 5.59. The molecular formula is C11H12F2N4O2S. The van der Waals surface area contributed by atoms with Crippen LogP contribution in [0.2, 0.25) is 0 Å². The molecule has 0 saturated carbocycles. The van der Waals surface area contributed by atoms with E-state index in [1.165, 1.54) is 10.9 Å². The van der Waals surface area contributed by atoms with Gasteiger partial charge in [0.1, 0.15) is 11.6 Å². The van der Waals surface area contributed by atoms with Crippen LogP contribution < -0.4 is 10.5 Å². The Kier molecular flexibility index (Phi) is 3.73. The average Bonchev–Trinajstić information content (AvgIpc) is 2.70. The minimum Gasteiger partial charge on any atom is -0.399 e. The Morgan fingerprint density at radius 1 is 1.35 bits per heavy atom. The highest BCUT2D eigenvalue weighted by molar-refractivity contribution is 7.89. The van der Waals surface area contributed by atoms with Crippen LogP contribution in [0.25, 0.3) is 0 Å². The van der Waals surface area contributed by atoms with E-state index in [9.17, 15) is 17.2 Å². The zero-order chi connectivity index (χ0) is 14.9. The van der Waals surface area contributed by atoms with Gasteiger partial charge in [-0.05, 0) is 18.2 Å². The molecule has 0 atom stereocenters. The van der Waals surface area contributed by atoms with Gasteiger partial charge in [0.25, 0.3) is 0 Å². The Labute approximate surface area is 114 Å². The summed E-state index contributed by atoms with van der Waals surface area (Å²) < 4.78 is 54.6. The van der Waals surface area contributed by atoms with Gasteiger partial charge in [-0.3, -0.25) is 4.68 Å². The highest BCUT2D eigenvalue weighted by atomic mass is 32.2. The van der Waals surface area contributed by atoms with Crippen molar-refractivity contribution in [2.45, 2.75) is 11.4 Å². The number of halogens is 2. The van der Waals surface area contributed by atoms with Gasteiger partial charge >= 0.3 is 0 Å². The second-order valence-corrected chi connectivity index (χ2v) is 5.79. The third kappa shape index (κ3) is 2.78. The number of nitrogens with zero attached hydrogens (tertiary/aromatic N) is 2. The van der Waals surface area contributed by atoms with Crippen molar-refractivity contribution < 1.29 is 17.2 Å². The quantitative estimate of drug-likeness (QED) is 0.816. The maximum Gasteiger partial charge on any atom is 0.246 e. The lowest BCUT2D eigenvalue weighted by atomic mass is 10.3. The van der Waals surface area contributed by atoms with Gasteiger partial charge in [0.15, 0.2) is 4.90 Å². The van der Waals surface area contributed by atoms with Crippen LogP contribution in [0.1, 0.15) is 5.69 Å². The van der Waals surface area contributed by atoms with E-state index in [1.807, 2.05) is 0 Å². The summed E-state index contributed by atoms with van der Waals surface area (Å²) in [4.78, 5) is -1.05. The fourth-order valence-electron chi connectivity index (χ4n) is 1.65. The minimum absolute atomic E-state index is 0.137. The molecular weight excluding hydrogens is 290 g/mol. The van der Waals surface area contributed by atoms with Gasteiger partial charge in [-0.25, -0.2) is 21.9 Å². The van der Waals surface area contributed by atoms with Crippen LogP contribution in [0.3, 0.4) is 0 Å². The molecule has 0 bridgehead atoms. The van der Waals surface area contributed by atoms with Crippen molar-refractivity contribution in [2.24, 2.45) is 7.05 Å². The van der Waals surface area contributed by atoms with Crippen LogP contribution in [0.4, 0.5) is 14.5 Å². The summed E-state index contributed by atoms with van der Waals surface area (Å²) in [6.07, 6.45) is 1.48. The van der Waals surface area contributed by atoms with Gasteiger partial charge in [-0.1, -0.05) is 0 Å². The highest BCUT2D eigenvalue weighted by Gasteiger charge is 2.24. The van der Waals surface area contributed by atoms with Crippen LogP contribution >= 0.6 is 0 Å². The number of hydrogen-bond donors (Lipinski definition) is 2. The van der Waals surface area contributed by atoms with Gasteiger partial charge in [0, 0.05) is 18.9 Å². The van der Waals surface area contributed by atoms with Gasteiger partial charge in [-0.2, -0.15) is 5.10 Å². The summed E-state index contributed by atoms with van der Waals surface area (Å²) in [5, 5.41) is 3.85.